The molecule has 0 amide bonds. The number of aliphatic hydroxyl groups is 1. The minimum atomic E-state index is -0.271. The van der Waals surface area contributed by atoms with Crippen molar-refractivity contribution >= 4 is 0 Å². The van der Waals surface area contributed by atoms with Crippen LogP contribution in [-0.4, -0.2) is 44.6 Å². The molecule has 4 N–H and O–H groups in total. The normalized spacial score (nSPS) is 17.6. The van der Waals surface area contributed by atoms with Gasteiger partial charge in [-0.2, -0.15) is 0 Å². The van der Waals surface area contributed by atoms with Gasteiger partial charge in [-0.1, -0.05) is 11.1 Å². The van der Waals surface area contributed by atoms with Crippen LogP contribution in [-0.2, 0) is 4.74 Å². The second kappa shape index (κ2) is 12.8. The third kappa shape index (κ3) is 17.7. The highest BCUT2D eigenvalue weighted by atomic mass is 16.6. The van der Waals surface area contributed by atoms with Gasteiger partial charge in [-0.25, -0.2) is 0 Å². The van der Waals surface area contributed by atoms with E-state index in [-0.39, 0.29) is 6.10 Å². The molecule has 1 aliphatic heterocycles. The third-order valence-corrected chi connectivity index (χ3v) is 2.00. The summed E-state index contributed by atoms with van der Waals surface area (Å²) in [4.78, 5) is 0. The van der Waals surface area contributed by atoms with Crippen LogP contribution in [0.4, 0.5) is 0 Å². The summed E-state index contributed by atoms with van der Waals surface area (Å²) < 4.78 is 4.96. The quantitative estimate of drug-likeness (QED) is 0.498. The summed E-state index contributed by atoms with van der Waals surface area (Å²) in [6.45, 7) is 13.0. The van der Waals surface area contributed by atoms with Crippen LogP contribution in [0.25, 0.3) is 0 Å². The van der Waals surface area contributed by atoms with Crippen molar-refractivity contribution in [3.63, 3.8) is 0 Å². The fourth-order valence-corrected chi connectivity index (χ4v) is 1.28. The molecule has 4 heteroatoms. The van der Waals surface area contributed by atoms with Gasteiger partial charge in [-0.05, 0) is 40.8 Å². The molecule has 0 aliphatic carbocycles. The fraction of sp³-hybridized carbons (Fsp3) is 0.714. The van der Waals surface area contributed by atoms with Crippen LogP contribution in [0.1, 0.15) is 26.7 Å². The van der Waals surface area contributed by atoms with Crippen molar-refractivity contribution < 1.29 is 9.84 Å². The van der Waals surface area contributed by atoms with Crippen molar-refractivity contribution in [1.29, 1.82) is 0 Å². The highest BCUT2D eigenvalue weighted by Gasteiger charge is 2.21. The third-order valence-electron chi connectivity index (χ3n) is 2.00. The largest absolute Gasteiger partial charge is 0.391 e. The Labute approximate surface area is 112 Å². The minimum absolute atomic E-state index is 0.271. The Hall–Kier alpha value is -0.680. The zero-order chi connectivity index (χ0) is 14.6. The van der Waals surface area contributed by atoms with Crippen molar-refractivity contribution in [2.45, 2.75) is 38.9 Å². The second-order valence-electron chi connectivity index (χ2n) is 4.49. The Morgan fingerprint density at radius 1 is 1.39 bits per heavy atom. The summed E-state index contributed by atoms with van der Waals surface area (Å²) in [6, 6.07) is 0. The van der Waals surface area contributed by atoms with Crippen molar-refractivity contribution in [2.24, 2.45) is 5.73 Å². The molecule has 1 aliphatic rings. The monoisotopic (exact) mass is 258 g/mol. The average molecular weight is 258 g/mol. The van der Waals surface area contributed by atoms with Crippen LogP contribution in [0.2, 0.25) is 0 Å². The Balaban J connectivity index is 0. The van der Waals surface area contributed by atoms with Gasteiger partial charge in [0, 0.05) is 6.54 Å². The predicted octanol–water partition coefficient (Wildman–Crippen LogP) is 1.46. The highest BCUT2D eigenvalue weighted by Crippen LogP contribution is 2.16. The Morgan fingerprint density at radius 2 is 1.89 bits per heavy atom. The molecule has 0 bridgehead atoms. The Morgan fingerprint density at radius 3 is 2.11 bits per heavy atom. The summed E-state index contributed by atoms with van der Waals surface area (Å²) >= 11 is 0. The van der Waals surface area contributed by atoms with Gasteiger partial charge in [0.15, 0.2) is 0 Å². The molecule has 1 fully saturated rings. The first-order valence-electron chi connectivity index (χ1n) is 6.26. The van der Waals surface area contributed by atoms with Gasteiger partial charge in [-0.3, -0.25) is 0 Å². The molecule has 18 heavy (non-hydrogen) atoms. The van der Waals surface area contributed by atoms with E-state index in [4.69, 9.17) is 9.84 Å². The van der Waals surface area contributed by atoms with Gasteiger partial charge in [0.1, 0.15) is 0 Å². The van der Waals surface area contributed by atoms with Gasteiger partial charge < -0.3 is 20.9 Å². The molecule has 2 atom stereocenters. The molecule has 0 radical (unpaired) electrons. The van der Waals surface area contributed by atoms with E-state index >= 15 is 0 Å². The van der Waals surface area contributed by atoms with Crippen molar-refractivity contribution in [1.82, 2.24) is 5.32 Å². The maximum absolute atomic E-state index is 9.10. The van der Waals surface area contributed by atoms with Crippen LogP contribution in [0.3, 0.4) is 0 Å². The summed E-state index contributed by atoms with van der Waals surface area (Å²) in [7, 11) is 3.32. The number of hydrogen-bond donors (Lipinski definition) is 3. The van der Waals surface area contributed by atoms with Gasteiger partial charge in [0.2, 0.25) is 0 Å². The van der Waals surface area contributed by atoms with E-state index in [1.54, 1.807) is 0 Å². The van der Waals surface area contributed by atoms with Gasteiger partial charge >= 0.3 is 0 Å². The molecule has 0 saturated carbocycles. The number of nitrogens with two attached hydrogens (primary N) is 1. The summed E-state index contributed by atoms with van der Waals surface area (Å²) in [5.41, 5.74) is 6.75. The highest BCUT2D eigenvalue weighted by molar-refractivity contribution is 4.94. The lowest BCUT2D eigenvalue weighted by atomic mass is 10.1. The van der Waals surface area contributed by atoms with Crippen molar-refractivity contribution in [2.75, 3.05) is 27.2 Å². The van der Waals surface area contributed by atoms with Crippen molar-refractivity contribution in [3.8, 4) is 0 Å². The molecular formula is C14H30N2O2. The number of likely N-dealkylation sites (N-methyl/N-ethyl adjacent to an activating group) is 1. The second-order valence-corrected chi connectivity index (χ2v) is 4.49. The van der Waals surface area contributed by atoms with Crippen LogP contribution >= 0.6 is 0 Å². The molecule has 1 saturated heterocycles. The summed E-state index contributed by atoms with van der Waals surface area (Å²) in [5, 5.41) is 12.0. The summed E-state index contributed by atoms with van der Waals surface area (Å²) in [5.74, 6) is 0. The zero-order valence-corrected chi connectivity index (χ0v) is 12.3. The molecule has 0 aromatic carbocycles. The van der Waals surface area contributed by atoms with Gasteiger partial charge in [-0.15, -0.1) is 13.2 Å². The van der Waals surface area contributed by atoms with Crippen LogP contribution in [0.5, 0.6) is 0 Å². The molecule has 1 rings (SSSR count). The smallest absolute Gasteiger partial charge is 0.0846 e. The lowest BCUT2D eigenvalue weighted by Gasteiger charge is -2.07. The van der Waals surface area contributed by atoms with Crippen LogP contribution in [0.15, 0.2) is 24.3 Å². The molecular weight excluding hydrogens is 228 g/mol. The maximum Gasteiger partial charge on any atom is 0.0846 e. The molecule has 4 nitrogen and oxygen atoms in total. The molecule has 0 spiro atoms. The minimum Gasteiger partial charge on any atom is -0.391 e. The van der Waals surface area contributed by atoms with Gasteiger partial charge in [0.25, 0.3) is 0 Å². The number of hydrogen-bond acceptors (Lipinski definition) is 4. The first kappa shape index (κ1) is 19.7. The number of aliphatic hydroxyl groups excluding tert-OH is 1. The van der Waals surface area contributed by atoms with Crippen LogP contribution in [0, 0.1) is 0 Å². The van der Waals surface area contributed by atoms with E-state index in [1.807, 2.05) is 20.9 Å². The Bertz CT molecular complexity index is 226. The van der Waals surface area contributed by atoms with E-state index in [0.29, 0.717) is 19.1 Å². The maximum atomic E-state index is 9.10. The van der Waals surface area contributed by atoms with E-state index in [1.165, 1.54) is 12.6 Å². The predicted molar refractivity (Wildman–Crippen MR) is 78.6 cm³/mol. The van der Waals surface area contributed by atoms with E-state index < -0.39 is 0 Å². The molecule has 1 heterocycles. The first-order chi connectivity index (χ1) is 8.45. The molecule has 2 unspecified atom stereocenters. The molecule has 0 aromatic heterocycles. The number of rotatable bonds is 6. The average Bonchev–Trinajstić information content (AvgIpc) is 3.04. The standard InChI is InChI=1S/C7H15NO.C6H10O.CH5N/c1-6(2)4-7(9)5-8-3;1-5(2)3-6-4-7-6;1-2/h7-9H,1,4-5H2,2-3H3;6H,1,3-4H2,2H3;2H2,1H3. The zero-order valence-electron chi connectivity index (χ0n) is 12.3. The molecule has 108 valence electrons. The number of epoxide rings is 1. The van der Waals surface area contributed by atoms with E-state index in [9.17, 15) is 0 Å². The van der Waals surface area contributed by atoms with Gasteiger partial charge in [0.05, 0.1) is 18.8 Å². The topological polar surface area (TPSA) is 70.8 Å². The summed E-state index contributed by atoms with van der Waals surface area (Å²) in [6.07, 6.45) is 2.01. The first-order valence-corrected chi connectivity index (χ1v) is 6.26. The van der Waals surface area contributed by atoms with Crippen molar-refractivity contribution in [3.05, 3.63) is 24.3 Å². The SMILES string of the molecule is C=C(C)CC(O)CNC.C=C(C)CC1CO1.CN. The Kier molecular flexibility index (Phi) is 13.9. The fourth-order valence-electron chi connectivity index (χ4n) is 1.28. The number of ether oxygens (including phenoxy) is 1. The van der Waals surface area contributed by atoms with Crippen LogP contribution < -0.4 is 11.1 Å². The molecule has 0 aromatic rings. The van der Waals surface area contributed by atoms with E-state index in [0.717, 1.165) is 18.6 Å². The number of nitrogens with one attached hydrogen (secondary N) is 1. The lowest BCUT2D eigenvalue weighted by Crippen LogP contribution is -2.23. The lowest BCUT2D eigenvalue weighted by molar-refractivity contribution is 0.175. The van der Waals surface area contributed by atoms with E-state index in [2.05, 4.69) is 24.2 Å².